The molecule has 1 aliphatic rings. The summed E-state index contributed by atoms with van der Waals surface area (Å²) in [6.07, 6.45) is -0.0352. The summed E-state index contributed by atoms with van der Waals surface area (Å²) in [4.78, 5) is 13.6. The number of thioether (sulfide) groups is 1. The van der Waals surface area contributed by atoms with Crippen LogP contribution >= 0.6 is 11.8 Å². The van der Waals surface area contributed by atoms with Crippen LogP contribution in [0.4, 0.5) is 0 Å². The predicted molar refractivity (Wildman–Crippen MR) is 182 cm³/mol. The second kappa shape index (κ2) is 15.3. The minimum atomic E-state index is -0.534. The van der Waals surface area contributed by atoms with Gasteiger partial charge in [0, 0.05) is 34.7 Å². The highest BCUT2D eigenvalue weighted by molar-refractivity contribution is 7.99. The van der Waals surface area contributed by atoms with Gasteiger partial charge in [-0.3, -0.25) is 4.79 Å². The standard InChI is InChI=1S/C39H37NO5S/c1-43-35-12-5-6-13-37(35)46-26-34-23-36(30-16-14-27(25-41)15-17-30)45-39(44-34)32-20-18-29(19-21-32)33-11-7-8-28(22-33)24-40-38(42)31-9-3-2-4-10-31/h2-22,34,36,39,41H,23-26H2,1H3,(H,40,42). The van der Waals surface area contributed by atoms with Crippen LogP contribution in [0, 0.1) is 0 Å². The molecule has 0 bridgehead atoms. The molecule has 1 saturated heterocycles. The van der Waals surface area contributed by atoms with Crippen LogP contribution in [0.25, 0.3) is 11.1 Å². The second-order valence-electron chi connectivity index (χ2n) is 11.2. The van der Waals surface area contributed by atoms with Gasteiger partial charge in [-0.2, -0.15) is 0 Å². The molecule has 1 aliphatic heterocycles. The van der Waals surface area contributed by atoms with Crippen LogP contribution in [0.5, 0.6) is 5.75 Å². The fourth-order valence-electron chi connectivity index (χ4n) is 5.51. The fourth-order valence-corrected chi connectivity index (χ4v) is 6.56. The highest BCUT2D eigenvalue weighted by Gasteiger charge is 2.32. The molecule has 6 rings (SSSR count). The van der Waals surface area contributed by atoms with E-state index in [1.807, 2.05) is 84.9 Å². The summed E-state index contributed by atoms with van der Waals surface area (Å²) < 4.78 is 18.7. The van der Waals surface area contributed by atoms with Gasteiger partial charge < -0.3 is 24.6 Å². The van der Waals surface area contributed by atoms with Crippen molar-refractivity contribution < 1.29 is 24.1 Å². The van der Waals surface area contributed by atoms with E-state index < -0.39 is 6.29 Å². The number of rotatable bonds is 11. The molecule has 0 saturated carbocycles. The highest BCUT2D eigenvalue weighted by Crippen LogP contribution is 2.40. The van der Waals surface area contributed by atoms with Crippen LogP contribution in [0.15, 0.2) is 132 Å². The third-order valence-electron chi connectivity index (χ3n) is 8.04. The average Bonchev–Trinajstić information content (AvgIpc) is 3.13. The first-order valence-corrected chi connectivity index (χ1v) is 16.4. The average molecular weight is 632 g/mol. The lowest BCUT2D eigenvalue weighted by Crippen LogP contribution is -2.31. The Kier molecular flexibility index (Phi) is 10.5. The van der Waals surface area contributed by atoms with E-state index in [1.54, 1.807) is 18.9 Å². The lowest BCUT2D eigenvalue weighted by molar-refractivity contribution is -0.245. The van der Waals surface area contributed by atoms with E-state index in [9.17, 15) is 9.90 Å². The Bertz CT molecular complexity index is 1730. The first kappa shape index (κ1) is 31.6. The van der Waals surface area contributed by atoms with Gasteiger partial charge in [-0.1, -0.05) is 97.1 Å². The van der Waals surface area contributed by atoms with E-state index in [1.165, 1.54) is 0 Å². The fraction of sp³-hybridized carbons (Fsp3) is 0.205. The number of methoxy groups -OCH3 is 1. The maximum Gasteiger partial charge on any atom is 0.251 e. The molecule has 5 aromatic rings. The molecule has 5 aromatic carbocycles. The second-order valence-corrected chi connectivity index (χ2v) is 12.2. The van der Waals surface area contributed by atoms with Gasteiger partial charge in [0.2, 0.25) is 0 Å². The highest BCUT2D eigenvalue weighted by atomic mass is 32.2. The van der Waals surface area contributed by atoms with Crippen LogP contribution in [0.1, 0.15) is 51.4 Å². The van der Waals surface area contributed by atoms with Gasteiger partial charge in [0.1, 0.15) is 5.75 Å². The van der Waals surface area contributed by atoms with Gasteiger partial charge in [0.15, 0.2) is 6.29 Å². The summed E-state index contributed by atoms with van der Waals surface area (Å²) in [6, 6.07) is 41.7. The van der Waals surface area contributed by atoms with E-state index >= 15 is 0 Å². The zero-order valence-corrected chi connectivity index (χ0v) is 26.5. The van der Waals surface area contributed by atoms with Gasteiger partial charge >= 0.3 is 0 Å². The van der Waals surface area contributed by atoms with Crippen molar-refractivity contribution in [3.8, 4) is 16.9 Å². The zero-order valence-electron chi connectivity index (χ0n) is 25.7. The molecule has 2 N–H and O–H groups in total. The minimum Gasteiger partial charge on any atom is -0.496 e. The molecule has 46 heavy (non-hydrogen) atoms. The maximum atomic E-state index is 12.5. The Morgan fingerprint density at radius 2 is 1.54 bits per heavy atom. The van der Waals surface area contributed by atoms with Gasteiger partial charge in [-0.25, -0.2) is 0 Å². The lowest BCUT2D eigenvalue weighted by atomic mass is 9.99. The molecule has 3 atom stereocenters. The van der Waals surface area contributed by atoms with Crippen LogP contribution in [0.2, 0.25) is 0 Å². The number of ether oxygens (including phenoxy) is 3. The van der Waals surface area contributed by atoms with Crippen molar-refractivity contribution in [1.29, 1.82) is 0 Å². The number of para-hydroxylation sites is 1. The van der Waals surface area contributed by atoms with Crippen molar-refractivity contribution >= 4 is 17.7 Å². The van der Waals surface area contributed by atoms with E-state index in [-0.39, 0.29) is 24.7 Å². The van der Waals surface area contributed by atoms with Crippen molar-refractivity contribution in [3.63, 3.8) is 0 Å². The summed E-state index contributed by atoms with van der Waals surface area (Å²) in [5.41, 5.74) is 6.67. The summed E-state index contributed by atoms with van der Waals surface area (Å²) in [7, 11) is 1.69. The number of carbonyl (C=O) groups excluding carboxylic acids is 1. The molecule has 234 valence electrons. The van der Waals surface area contributed by atoms with Crippen LogP contribution < -0.4 is 10.1 Å². The number of benzene rings is 5. The van der Waals surface area contributed by atoms with Gasteiger partial charge in [0.05, 0.1) is 25.9 Å². The largest absolute Gasteiger partial charge is 0.496 e. The summed E-state index contributed by atoms with van der Waals surface area (Å²) in [5, 5.41) is 12.5. The lowest BCUT2D eigenvalue weighted by Gasteiger charge is -2.36. The molecule has 0 aromatic heterocycles. The molecule has 0 spiro atoms. The molecule has 1 fully saturated rings. The van der Waals surface area contributed by atoms with Gasteiger partial charge in [0.25, 0.3) is 5.91 Å². The number of amides is 1. The number of nitrogens with one attached hydrogen (secondary N) is 1. The molecule has 1 heterocycles. The molecule has 6 nitrogen and oxygen atoms in total. The van der Waals surface area contributed by atoms with Crippen molar-refractivity contribution in [2.24, 2.45) is 0 Å². The van der Waals surface area contributed by atoms with E-state index in [2.05, 4.69) is 47.8 Å². The van der Waals surface area contributed by atoms with Crippen LogP contribution in [0.3, 0.4) is 0 Å². The summed E-state index contributed by atoms with van der Waals surface area (Å²) >= 11 is 1.72. The third-order valence-corrected chi connectivity index (χ3v) is 9.23. The van der Waals surface area contributed by atoms with Crippen LogP contribution in [-0.4, -0.2) is 30.0 Å². The molecule has 1 amide bonds. The van der Waals surface area contributed by atoms with E-state index in [4.69, 9.17) is 14.2 Å². The number of hydrogen-bond donors (Lipinski definition) is 2. The molecular formula is C39H37NO5S. The molecule has 0 radical (unpaired) electrons. The normalized spacial score (nSPS) is 17.7. The SMILES string of the molecule is COc1ccccc1SCC1CC(c2ccc(CO)cc2)OC(c2ccc(-c3cccc(CNC(=O)c4ccccc4)c3)cc2)O1. The smallest absolute Gasteiger partial charge is 0.251 e. The zero-order chi connectivity index (χ0) is 31.7. The van der Waals surface area contributed by atoms with Crippen molar-refractivity contribution in [2.45, 2.75) is 43.0 Å². The first-order chi connectivity index (χ1) is 22.6. The number of hydrogen-bond acceptors (Lipinski definition) is 6. The summed E-state index contributed by atoms with van der Waals surface area (Å²) in [6.45, 7) is 0.450. The van der Waals surface area contributed by atoms with Crippen molar-refractivity contribution in [3.05, 3.63) is 155 Å². The predicted octanol–water partition coefficient (Wildman–Crippen LogP) is 8.12. The molecule has 3 unspecified atom stereocenters. The Morgan fingerprint density at radius 3 is 2.30 bits per heavy atom. The minimum absolute atomic E-state index is 0.00724. The van der Waals surface area contributed by atoms with Crippen LogP contribution in [-0.2, 0) is 22.6 Å². The molecule has 7 heteroatoms. The van der Waals surface area contributed by atoms with Crippen molar-refractivity contribution in [2.75, 3.05) is 12.9 Å². The Hall–Kier alpha value is -4.40. The number of carbonyl (C=O) groups is 1. The Balaban J connectivity index is 1.16. The van der Waals surface area contributed by atoms with E-state index in [0.29, 0.717) is 18.5 Å². The Labute approximate surface area is 274 Å². The summed E-state index contributed by atoms with van der Waals surface area (Å²) in [5.74, 6) is 1.51. The topological polar surface area (TPSA) is 77.0 Å². The number of aliphatic hydroxyl groups excluding tert-OH is 1. The monoisotopic (exact) mass is 631 g/mol. The Morgan fingerprint density at radius 1 is 0.804 bits per heavy atom. The molecule has 0 aliphatic carbocycles. The third kappa shape index (κ3) is 7.87. The quantitative estimate of drug-likeness (QED) is 0.143. The maximum absolute atomic E-state index is 12.5. The van der Waals surface area contributed by atoms with E-state index in [0.717, 1.165) is 49.8 Å². The van der Waals surface area contributed by atoms with Crippen molar-refractivity contribution in [1.82, 2.24) is 5.32 Å². The first-order valence-electron chi connectivity index (χ1n) is 15.4. The molecular weight excluding hydrogens is 594 g/mol. The van der Waals surface area contributed by atoms with Gasteiger partial charge in [-0.05, 0) is 58.1 Å². The van der Waals surface area contributed by atoms with Gasteiger partial charge in [-0.15, -0.1) is 11.8 Å². The number of aliphatic hydroxyl groups is 1.